The van der Waals surface area contributed by atoms with Crippen molar-refractivity contribution >= 4 is 27.2 Å². The molecular weight excluding hydrogens is 352 g/mol. The summed E-state index contributed by atoms with van der Waals surface area (Å²) in [5, 5.41) is 13.7. The fraction of sp³-hybridized carbons (Fsp3) is 0.148. The Balaban J connectivity index is 1.87. The summed E-state index contributed by atoms with van der Waals surface area (Å²) in [5.41, 5.74) is 3.89. The molecule has 4 aromatic carbocycles. The highest BCUT2D eigenvalue weighted by Crippen LogP contribution is 2.32. The molecule has 0 unspecified atom stereocenters. The Morgan fingerprint density at radius 1 is 0.655 bits per heavy atom. The molecule has 0 heterocycles. The van der Waals surface area contributed by atoms with E-state index in [1.807, 2.05) is 36.4 Å². The molecule has 0 fully saturated rings. The van der Waals surface area contributed by atoms with Crippen LogP contribution in [0, 0.1) is 23.2 Å². The average Bonchev–Trinajstić information content (AvgIpc) is 2.78. The van der Waals surface area contributed by atoms with Crippen molar-refractivity contribution in [3.8, 4) is 17.9 Å². The first-order valence-corrected chi connectivity index (χ1v) is 9.97. The molecule has 0 atom stereocenters. The number of anilines is 1. The Morgan fingerprint density at radius 2 is 1.14 bits per heavy atom. The number of fused-ring (bicyclic) bond motifs is 2. The van der Waals surface area contributed by atoms with E-state index in [-0.39, 0.29) is 0 Å². The van der Waals surface area contributed by atoms with Gasteiger partial charge in [0.25, 0.3) is 0 Å². The number of hydrogen-bond acceptors (Lipinski definition) is 2. The molecule has 0 spiro atoms. The first-order valence-electron chi connectivity index (χ1n) is 9.97. The fourth-order valence-electron chi connectivity index (χ4n) is 3.86. The first-order chi connectivity index (χ1) is 14.3. The van der Waals surface area contributed by atoms with Gasteiger partial charge in [-0.2, -0.15) is 5.26 Å². The normalized spacial score (nSPS) is 10.4. The molecule has 0 N–H and O–H groups in total. The Bertz CT molecular complexity index is 1220. The van der Waals surface area contributed by atoms with Gasteiger partial charge >= 0.3 is 0 Å². The highest BCUT2D eigenvalue weighted by Gasteiger charge is 2.11. The number of hydrogen-bond donors (Lipinski definition) is 0. The molecule has 0 amide bonds. The van der Waals surface area contributed by atoms with Crippen molar-refractivity contribution in [3.05, 3.63) is 89.5 Å². The largest absolute Gasteiger partial charge is 0.372 e. The van der Waals surface area contributed by atoms with Crippen molar-refractivity contribution in [2.24, 2.45) is 0 Å². The van der Waals surface area contributed by atoms with E-state index in [4.69, 9.17) is 0 Å². The van der Waals surface area contributed by atoms with Crippen molar-refractivity contribution in [1.82, 2.24) is 0 Å². The Labute approximate surface area is 172 Å². The summed E-state index contributed by atoms with van der Waals surface area (Å²) in [5.74, 6) is 6.74. The zero-order valence-electron chi connectivity index (χ0n) is 16.7. The quantitative estimate of drug-likeness (QED) is 0.319. The van der Waals surface area contributed by atoms with Crippen molar-refractivity contribution in [2.45, 2.75) is 13.8 Å². The minimum Gasteiger partial charge on any atom is -0.372 e. The molecule has 0 aliphatic rings. The highest BCUT2D eigenvalue weighted by atomic mass is 15.1. The maximum Gasteiger partial charge on any atom is 0.100 e. The van der Waals surface area contributed by atoms with Crippen LogP contribution in [-0.2, 0) is 0 Å². The topological polar surface area (TPSA) is 27.0 Å². The Kier molecular flexibility index (Phi) is 5.19. The molecule has 0 aliphatic carbocycles. The van der Waals surface area contributed by atoms with Crippen LogP contribution in [0.25, 0.3) is 21.5 Å². The Hall–Kier alpha value is -3.75. The van der Waals surface area contributed by atoms with Gasteiger partial charge in [0.05, 0.1) is 5.56 Å². The summed E-state index contributed by atoms with van der Waals surface area (Å²) in [4.78, 5) is 2.32. The summed E-state index contributed by atoms with van der Waals surface area (Å²) < 4.78 is 0. The SMILES string of the molecule is CCN(CC)c1ccc(C#Cc2c3ccccc3c(C#N)c3ccccc23)cc1. The summed E-state index contributed by atoms with van der Waals surface area (Å²) in [6, 6.07) is 26.9. The van der Waals surface area contributed by atoms with Crippen molar-refractivity contribution in [3.63, 3.8) is 0 Å². The molecule has 4 rings (SSSR count). The third-order valence-electron chi connectivity index (χ3n) is 5.37. The zero-order valence-corrected chi connectivity index (χ0v) is 16.7. The summed E-state index contributed by atoms with van der Waals surface area (Å²) in [7, 11) is 0. The molecule has 2 nitrogen and oxygen atoms in total. The van der Waals surface area contributed by atoms with E-state index >= 15 is 0 Å². The molecule has 0 bridgehead atoms. The maximum atomic E-state index is 9.75. The molecule has 0 aliphatic heterocycles. The number of benzene rings is 4. The summed E-state index contributed by atoms with van der Waals surface area (Å²) in [6.45, 7) is 6.31. The monoisotopic (exact) mass is 374 g/mol. The van der Waals surface area contributed by atoms with Crippen LogP contribution in [0.4, 0.5) is 5.69 Å². The van der Waals surface area contributed by atoms with Crippen LogP contribution in [0.15, 0.2) is 72.8 Å². The van der Waals surface area contributed by atoms with Crippen LogP contribution in [0.2, 0.25) is 0 Å². The average molecular weight is 374 g/mol. The highest BCUT2D eigenvalue weighted by molar-refractivity contribution is 6.09. The van der Waals surface area contributed by atoms with Crippen LogP contribution >= 0.6 is 0 Å². The van der Waals surface area contributed by atoms with Gasteiger partial charge in [0.2, 0.25) is 0 Å². The molecule has 0 radical (unpaired) electrons. The van der Waals surface area contributed by atoms with E-state index < -0.39 is 0 Å². The van der Waals surface area contributed by atoms with Gasteiger partial charge in [-0.25, -0.2) is 0 Å². The number of nitrogens with zero attached hydrogens (tertiary/aromatic N) is 2. The standard InChI is InChI=1S/C27H22N2/c1-3-29(4-2)21-16-13-20(14-17-21)15-18-26-22-9-5-7-11-24(22)27(19-28)25-12-8-6-10-23(25)26/h5-14,16-17H,3-4H2,1-2H3. The van der Waals surface area contributed by atoms with Gasteiger partial charge in [0.15, 0.2) is 0 Å². The minimum absolute atomic E-state index is 0.713. The molecule has 0 saturated heterocycles. The van der Waals surface area contributed by atoms with Gasteiger partial charge in [0.1, 0.15) is 6.07 Å². The Morgan fingerprint density at radius 3 is 1.59 bits per heavy atom. The van der Waals surface area contributed by atoms with Crippen molar-refractivity contribution < 1.29 is 0 Å². The lowest BCUT2D eigenvalue weighted by Gasteiger charge is -2.20. The molecule has 0 aromatic heterocycles. The number of nitriles is 1. The molecule has 29 heavy (non-hydrogen) atoms. The minimum atomic E-state index is 0.713. The summed E-state index contributed by atoms with van der Waals surface area (Å²) >= 11 is 0. The van der Waals surface area contributed by atoms with Gasteiger partial charge in [0, 0.05) is 40.7 Å². The molecule has 0 saturated carbocycles. The molecule has 4 aromatic rings. The second-order valence-corrected chi connectivity index (χ2v) is 6.92. The van der Waals surface area contributed by atoms with E-state index in [2.05, 4.69) is 73.1 Å². The van der Waals surface area contributed by atoms with Crippen LogP contribution in [0.5, 0.6) is 0 Å². The smallest absolute Gasteiger partial charge is 0.100 e. The van der Waals surface area contributed by atoms with E-state index in [0.29, 0.717) is 5.56 Å². The lowest BCUT2D eigenvalue weighted by molar-refractivity contribution is 0.866. The lowest BCUT2D eigenvalue weighted by atomic mass is 9.92. The van der Waals surface area contributed by atoms with Gasteiger partial charge in [-0.15, -0.1) is 0 Å². The second kappa shape index (κ2) is 8.09. The first kappa shape index (κ1) is 18.6. The molecule has 140 valence electrons. The second-order valence-electron chi connectivity index (χ2n) is 6.92. The summed E-state index contributed by atoms with van der Waals surface area (Å²) in [6.07, 6.45) is 0. The van der Waals surface area contributed by atoms with Crippen LogP contribution in [0.3, 0.4) is 0 Å². The van der Waals surface area contributed by atoms with Crippen LogP contribution < -0.4 is 4.90 Å². The van der Waals surface area contributed by atoms with E-state index in [1.165, 1.54) is 5.69 Å². The van der Waals surface area contributed by atoms with Gasteiger partial charge in [-0.3, -0.25) is 0 Å². The fourth-order valence-corrected chi connectivity index (χ4v) is 3.86. The van der Waals surface area contributed by atoms with E-state index in [0.717, 1.165) is 45.8 Å². The molecule has 2 heteroatoms. The van der Waals surface area contributed by atoms with E-state index in [1.54, 1.807) is 0 Å². The third-order valence-corrected chi connectivity index (χ3v) is 5.37. The van der Waals surface area contributed by atoms with Crippen molar-refractivity contribution in [1.29, 1.82) is 5.26 Å². The van der Waals surface area contributed by atoms with Crippen molar-refractivity contribution in [2.75, 3.05) is 18.0 Å². The molecular formula is C27H22N2. The van der Waals surface area contributed by atoms with Crippen LogP contribution in [-0.4, -0.2) is 13.1 Å². The van der Waals surface area contributed by atoms with Gasteiger partial charge in [-0.05, 0) is 48.9 Å². The predicted molar refractivity (Wildman–Crippen MR) is 122 cm³/mol. The van der Waals surface area contributed by atoms with Crippen LogP contribution in [0.1, 0.15) is 30.5 Å². The lowest BCUT2D eigenvalue weighted by Crippen LogP contribution is -2.21. The third kappa shape index (κ3) is 3.42. The predicted octanol–water partition coefficient (Wildman–Crippen LogP) is 6.11. The van der Waals surface area contributed by atoms with E-state index in [9.17, 15) is 5.26 Å². The zero-order chi connectivity index (χ0) is 20.2. The van der Waals surface area contributed by atoms with Gasteiger partial charge in [-0.1, -0.05) is 60.4 Å². The van der Waals surface area contributed by atoms with Gasteiger partial charge < -0.3 is 4.90 Å². The number of rotatable bonds is 3. The maximum absolute atomic E-state index is 9.75.